The molecule has 0 aliphatic heterocycles. The van der Waals surface area contributed by atoms with E-state index in [1.165, 1.54) is 42.5 Å². The lowest BCUT2D eigenvalue weighted by molar-refractivity contribution is 0.274. The summed E-state index contributed by atoms with van der Waals surface area (Å²) < 4.78 is 0. The van der Waals surface area contributed by atoms with E-state index in [1.807, 2.05) is 11.3 Å². The fourth-order valence-electron chi connectivity index (χ4n) is 2.99. The molecule has 1 heterocycles. The smallest absolute Gasteiger partial charge is 0.0390 e. The second-order valence-electron chi connectivity index (χ2n) is 5.48. The van der Waals surface area contributed by atoms with Gasteiger partial charge in [0.2, 0.25) is 0 Å². The van der Waals surface area contributed by atoms with Gasteiger partial charge in [0, 0.05) is 17.0 Å². The van der Waals surface area contributed by atoms with Crippen molar-refractivity contribution in [3.05, 3.63) is 21.9 Å². The molecule has 1 saturated carbocycles. The van der Waals surface area contributed by atoms with Gasteiger partial charge in [0.15, 0.2) is 0 Å². The van der Waals surface area contributed by atoms with Gasteiger partial charge in [0.25, 0.3) is 0 Å². The maximum absolute atomic E-state index is 3.82. The van der Waals surface area contributed by atoms with Crippen LogP contribution in [0.25, 0.3) is 0 Å². The highest BCUT2D eigenvalue weighted by Gasteiger charge is 2.22. The zero-order valence-corrected chi connectivity index (χ0v) is 12.1. The Morgan fingerprint density at radius 1 is 1.35 bits per heavy atom. The lowest BCUT2D eigenvalue weighted by Crippen LogP contribution is -2.34. The summed E-state index contributed by atoms with van der Waals surface area (Å²) in [6.45, 7) is 6.86. The van der Waals surface area contributed by atoms with Crippen molar-refractivity contribution in [1.29, 1.82) is 0 Å². The predicted octanol–water partition coefficient (Wildman–Crippen LogP) is 4.68. The second-order valence-corrected chi connectivity index (χ2v) is 6.43. The minimum atomic E-state index is 0.526. The van der Waals surface area contributed by atoms with Crippen molar-refractivity contribution in [3.8, 4) is 0 Å². The Hall–Kier alpha value is -0.340. The van der Waals surface area contributed by atoms with Crippen LogP contribution < -0.4 is 5.32 Å². The number of nitrogens with one attached hydrogen (secondary N) is 1. The highest BCUT2D eigenvalue weighted by Crippen LogP contribution is 2.29. The molecule has 2 heteroatoms. The van der Waals surface area contributed by atoms with Gasteiger partial charge in [-0.05, 0) is 62.5 Å². The first kappa shape index (κ1) is 13.1. The van der Waals surface area contributed by atoms with Crippen LogP contribution in [-0.4, -0.2) is 6.04 Å². The van der Waals surface area contributed by atoms with E-state index in [0.29, 0.717) is 6.04 Å². The fraction of sp³-hybridized carbons (Fsp3) is 0.733. The van der Waals surface area contributed by atoms with Gasteiger partial charge in [-0.15, -0.1) is 11.3 Å². The fourth-order valence-corrected chi connectivity index (χ4v) is 3.94. The van der Waals surface area contributed by atoms with Gasteiger partial charge in [0.05, 0.1) is 0 Å². The van der Waals surface area contributed by atoms with Crippen molar-refractivity contribution >= 4 is 11.3 Å². The predicted molar refractivity (Wildman–Crippen MR) is 76.6 cm³/mol. The molecule has 0 aromatic carbocycles. The summed E-state index contributed by atoms with van der Waals surface area (Å²) in [6, 6.07) is 3.50. The van der Waals surface area contributed by atoms with Crippen LogP contribution >= 0.6 is 11.3 Å². The van der Waals surface area contributed by atoms with Crippen molar-refractivity contribution in [1.82, 2.24) is 5.32 Å². The molecule has 96 valence electrons. The summed E-state index contributed by atoms with van der Waals surface area (Å²) in [5, 5.41) is 6.02. The second kappa shape index (κ2) is 6.01. The molecule has 1 aliphatic carbocycles. The van der Waals surface area contributed by atoms with Gasteiger partial charge in [-0.25, -0.2) is 0 Å². The van der Waals surface area contributed by atoms with Gasteiger partial charge in [0.1, 0.15) is 0 Å². The third-order valence-corrected chi connectivity index (χ3v) is 5.41. The van der Waals surface area contributed by atoms with Gasteiger partial charge >= 0.3 is 0 Å². The third-order valence-electron chi connectivity index (χ3n) is 4.20. The van der Waals surface area contributed by atoms with Crippen molar-refractivity contribution in [2.45, 2.75) is 65.0 Å². The molecule has 0 spiro atoms. The highest BCUT2D eigenvalue weighted by molar-refractivity contribution is 7.10. The van der Waals surface area contributed by atoms with Crippen LogP contribution in [0.4, 0.5) is 0 Å². The van der Waals surface area contributed by atoms with E-state index < -0.39 is 0 Å². The third kappa shape index (κ3) is 3.32. The maximum atomic E-state index is 3.82. The molecule has 1 nitrogen and oxygen atoms in total. The van der Waals surface area contributed by atoms with E-state index in [9.17, 15) is 0 Å². The normalized spacial score (nSPS) is 27.0. The number of hydrogen-bond donors (Lipinski definition) is 1. The Morgan fingerprint density at radius 2 is 2.06 bits per heavy atom. The topological polar surface area (TPSA) is 12.0 Å². The van der Waals surface area contributed by atoms with Crippen LogP contribution in [0.15, 0.2) is 11.4 Å². The lowest BCUT2D eigenvalue weighted by atomic mass is 9.84. The summed E-state index contributed by atoms with van der Waals surface area (Å²) in [5.74, 6) is 0.992. The largest absolute Gasteiger partial charge is 0.307 e. The first-order chi connectivity index (χ1) is 8.20. The van der Waals surface area contributed by atoms with Crippen molar-refractivity contribution in [2.24, 2.45) is 5.92 Å². The highest BCUT2D eigenvalue weighted by atomic mass is 32.1. The van der Waals surface area contributed by atoms with Crippen molar-refractivity contribution in [2.75, 3.05) is 0 Å². The molecule has 0 radical (unpaired) electrons. The van der Waals surface area contributed by atoms with E-state index in [2.05, 4.69) is 37.5 Å². The Balaban J connectivity index is 1.84. The molecule has 1 aromatic rings. The average molecular weight is 251 g/mol. The quantitative estimate of drug-likeness (QED) is 0.819. The number of thiophene rings is 1. The van der Waals surface area contributed by atoms with E-state index in [-0.39, 0.29) is 0 Å². The molecule has 1 aromatic heterocycles. The molecule has 1 atom stereocenters. The van der Waals surface area contributed by atoms with Crippen LogP contribution in [0, 0.1) is 12.8 Å². The standard InChI is InChI=1S/C15H25NS/c1-4-13-5-7-14(8-6-13)16-12(3)15-11(2)9-10-17-15/h9-10,12-14,16H,4-8H2,1-3H3. The maximum Gasteiger partial charge on any atom is 0.0390 e. The molecule has 2 rings (SSSR count). The Labute approximate surface area is 110 Å². The first-order valence-corrected chi connectivity index (χ1v) is 7.88. The molecule has 1 aliphatic rings. The van der Waals surface area contributed by atoms with E-state index in [4.69, 9.17) is 0 Å². The monoisotopic (exact) mass is 251 g/mol. The minimum absolute atomic E-state index is 0.526. The van der Waals surface area contributed by atoms with Crippen molar-refractivity contribution in [3.63, 3.8) is 0 Å². The number of aryl methyl sites for hydroxylation is 1. The van der Waals surface area contributed by atoms with Crippen LogP contribution in [-0.2, 0) is 0 Å². The summed E-state index contributed by atoms with van der Waals surface area (Å²) in [4.78, 5) is 1.52. The Bertz CT molecular complexity index is 336. The molecular weight excluding hydrogens is 226 g/mol. The van der Waals surface area contributed by atoms with Crippen molar-refractivity contribution < 1.29 is 0 Å². The zero-order chi connectivity index (χ0) is 12.3. The SMILES string of the molecule is CCC1CCC(NC(C)c2sccc2C)CC1. The Morgan fingerprint density at radius 3 is 2.59 bits per heavy atom. The van der Waals surface area contributed by atoms with Gasteiger partial charge < -0.3 is 5.32 Å². The van der Waals surface area contributed by atoms with Gasteiger partial charge in [-0.2, -0.15) is 0 Å². The number of hydrogen-bond acceptors (Lipinski definition) is 2. The molecule has 0 saturated heterocycles. The van der Waals surface area contributed by atoms with E-state index >= 15 is 0 Å². The van der Waals surface area contributed by atoms with Gasteiger partial charge in [-0.3, -0.25) is 0 Å². The van der Waals surface area contributed by atoms with Gasteiger partial charge in [-0.1, -0.05) is 13.3 Å². The summed E-state index contributed by atoms with van der Waals surface area (Å²) in [7, 11) is 0. The van der Waals surface area contributed by atoms with E-state index in [1.54, 1.807) is 0 Å². The number of rotatable bonds is 4. The molecule has 0 bridgehead atoms. The molecule has 0 amide bonds. The molecule has 1 fully saturated rings. The summed E-state index contributed by atoms with van der Waals surface area (Å²) >= 11 is 1.89. The molecule has 17 heavy (non-hydrogen) atoms. The average Bonchev–Trinajstić information content (AvgIpc) is 2.76. The first-order valence-electron chi connectivity index (χ1n) is 7.00. The zero-order valence-electron chi connectivity index (χ0n) is 11.3. The lowest BCUT2D eigenvalue weighted by Gasteiger charge is -2.30. The minimum Gasteiger partial charge on any atom is -0.307 e. The van der Waals surface area contributed by atoms with Crippen LogP contribution in [0.3, 0.4) is 0 Å². The molecule has 1 N–H and O–H groups in total. The summed E-state index contributed by atoms with van der Waals surface area (Å²) in [6.07, 6.45) is 6.95. The summed E-state index contributed by atoms with van der Waals surface area (Å²) in [5.41, 5.74) is 1.44. The molecule has 1 unspecified atom stereocenters. The van der Waals surface area contributed by atoms with E-state index in [0.717, 1.165) is 12.0 Å². The molecular formula is C15H25NS. The Kier molecular flexibility index (Phi) is 4.63. The van der Waals surface area contributed by atoms with Crippen LogP contribution in [0.2, 0.25) is 0 Å². The van der Waals surface area contributed by atoms with Crippen LogP contribution in [0.1, 0.15) is 62.4 Å². The van der Waals surface area contributed by atoms with Crippen LogP contribution in [0.5, 0.6) is 0 Å².